The van der Waals surface area contributed by atoms with Crippen molar-refractivity contribution in [1.82, 2.24) is 20.2 Å². The predicted molar refractivity (Wildman–Crippen MR) is 131 cm³/mol. The van der Waals surface area contributed by atoms with Crippen LogP contribution in [0, 0.1) is 11.6 Å². The quantitative estimate of drug-likeness (QED) is 0.410. The number of rotatable bonds is 4. The van der Waals surface area contributed by atoms with Crippen molar-refractivity contribution in [3.8, 4) is 0 Å². The fourth-order valence-electron chi connectivity index (χ4n) is 4.40. The molecule has 0 spiro atoms. The first kappa shape index (κ1) is 22.7. The Morgan fingerprint density at radius 1 is 1.21 bits per heavy atom. The zero-order chi connectivity index (χ0) is 23.8. The van der Waals surface area contributed by atoms with Crippen molar-refractivity contribution in [3.63, 3.8) is 0 Å². The fraction of sp³-hybridized carbons (Fsp3) is 0.304. The van der Waals surface area contributed by atoms with E-state index in [1.165, 1.54) is 0 Å². The van der Waals surface area contributed by atoms with Gasteiger partial charge in [0.25, 0.3) is 0 Å². The van der Waals surface area contributed by atoms with Crippen molar-refractivity contribution in [1.29, 1.82) is 0 Å². The number of hydrogen-bond acceptors (Lipinski definition) is 4. The van der Waals surface area contributed by atoms with Crippen LogP contribution in [0.15, 0.2) is 41.7 Å². The number of nitrogens with one attached hydrogen (secondary N) is 2. The van der Waals surface area contributed by atoms with E-state index in [4.69, 9.17) is 23.8 Å². The highest BCUT2D eigenvalue weighted by atomic mass is 35.5. The van der Waals surface area contributed by atoms with Crippen LogP contribution in [0.4, 0.5) is 14.5 Å². The summed E-state index contributed by atoms with van der Waals surface area (Å²) >= 11 is 11.5. The van der Waals surface area contributed by atoms with Gasteiger partial charge in [0.15, 0.2) is 5.11 Å². The van der Waals surface area contributed by atoms with Gasteiger partial charge >= 0.3 is 0 Å². The summed E-state index contributed by atoms with van der Waals surface area (Å²) in [5.41, 5.74) is 1.75. The second-order valence-corrected chi connectivity index (χ2v) is 9.00. The van der Waals surface area contributed by atoms with Crippen molar-refractivity contribution in [3.05, 3.63) is 58.9 Å². The number of carbonyl (C=O) groups is 1. The first-order chi connectivity index (χ1) is 16.4. The van der Waals surface area contributed by atoms with E-state index >= 15 is 8.78 Å². The molecular formula is C23H21ClF2N6OS. The smallest absolute Gasteiger partial charge is 0.244 e. The van der Waals surface area contributed by atoms with E-state index in [1.807, 2.05) is 0 Å². The number of benzene rings is 2. The molecule has 2 N–H and O–H groups in total. The molecule has 0 saturated carbocycles. The minimum atomic E-state index is -1.07. The molecule has 2 aliphatic heterocycles. The highest BCUT2D eigenvalue weighted by Gasteiger charge is 2.40. The molecule has 3 aromatic rings. The number of nitrogens with zero attached hydrogens (tertiary/aromatic N) is 4. The fourth-order valence-corrected chi connectivity index (χ4v) is 4.88. The Balaban J connectivity index is 1.56. The number of halogens is 3. The first-order valence-corrected chi connectivity index (χ1v) is 11.7. The van der Waals surface area contributed by atoms with Gasteiger partial charge in [-0.2, -0.15) is 0 Å². The largest absolute Gasteiger partial charge is 0.345 e. The third-order valence-corrected chi connectivity index (χ3v) is 6.69. The number of H-pyrrole nitrogens is 1. The Bertz CT molecular complexity index is 1310. The number of carbonyl (C=O) groups excluding carboxylic acids is 1. The molecule has 1 aromatic heterocycles. The van der Waals surface area contributed by atoms with Gasteiger partial charge in [0.2, 0.25) is 5.91 Å². The summed E-state index contributed by atoms with van der Waals surface area (Å²) in [5.74, 6) is -1.65. The van der Waals surface area contributed by atoms with Crippen molar-refractivity contribution in [2.45, 2.75) is 25.3 Å². The number of aromatic nitrogens is 2. The van der Waals surface area contributed by atoms with E-state index in [-0.39, 0.29) is 34.0 Å². The van der Waals surface area contributed by atoms with Crippen LogP contribution in [0.2, 0.25) is 5.02 Å². The molecule has 3 heterocycles. The molecule has 176 valence electrons. The first-order valence-electron chi connectivity index (χ1n) is 10.9. The lowest BCUT2D eigenvalue weighted by molar-refractivity contribution is -0.130. The molecule has 2 saturated heterocycles. The number of amidine groups is 1. The number of aromatic amines is 1. The summed E-state index contributed by atoms with van der Waals surface area (Å²) in [4.78, 5) is 27.7. The third kappa shape index (κ3) is 4.12. The number of amides is 1. The summed E-state index contributed by atoms with van der Waals surface area (Å²) in [5, 5.41) is 2.94. The van der Waals surface area contributed by atoms with Crippen LogP contribution >= 0.6 is 23.8 Å². The van der Waals surface area contributed by atoms with Crippen LogP contribution in [0.5, 0.6) is 0 Å². The van der Waals surface area contributed by atoms with Gasteiger partial charge in [-0.3, -0.25) is 9.79 Å². The highest BCUT2D eigenvalue weighted by molar-refractivity contribution is 7.80. The molecule has 7 nitrogen and oxygen atoms in total. The van der Waals surface area contributed by atoms with Crippen molar-refractivity contribution >= 4 is 57.4 Å². The summed E-state index contributed by atoms with van der Waals surface area (Å²) in [6.07, 6.45) is 4.56. The summed E-state index contributed by atoms with van der Waals surface area (Å²) in [6, 6.07) is 6.52. The van der Waals surface area contributed by atoms with Gasteiger partial charge in [0.1, 0.15) is 30.1 Å². The maximum absolute atomic E-state index is 15.2. The maximum Gasteiger partial charge on any atom is 0.244 e. The lowest BCUT2D eigenvalue weighted by atomic mass is 10.0. The summed E-state index contributed by atoms with van der Waals surface area (Å²) in [6.45, 7) is 1.22. The third-order valence-electron chi connectivity index (χ3n) is 6.10. The average molecular weight is 503 g/mol. The molecule has 5 rings (SSSR count). The van der Waals surface area contributed by atoms with Crippen LogP contribution in [-0.2, 0) is 4.79 Å². The number of fused-ring (bicyclic) bond motifs is 1. The van der Waals surface area contributed by atoms with Gasteiger partial charge < -0.3 is 20.1 Å². The van der Waals surface area contributed by atoms with Crippen LogP contribution in [0.25, 0.3) is 11.0 Å². The molecular weight excluding hydrogens is 482 g/mol. The Morgan fingerprint density at radius 2 is 2.00 bits per heavy atom. The van der Waals surface area contributed by atoms with Gasteiger partial charge in [-0.1, -0.05) is 11.6 Å². The van der Waals surface area contributed by atoms with Crippen molar-refractivity contribution in [2.75, 3.05) is 24.5 Å². The second-order valence-electron chi connectivity index (χ2n) is 8.21. The number of hydrogen-bond donors (Lipinski definition) is 2. The second kappa shape index (κ2) is 9.27. The Labute approximate surface area is 204 Å². The zero-order valence-electron chi connectivity index (χ0n) is 18.0. The highest BCUT2D eigenvalue weighted by Crippen LogP contribution is 2.37. The summed E-state index contributed by atoms with van der Waals surface area (Å²) in [7, 11) is 0. The number of anilines is 1. The van der Waals surface area contributed by atoms with Gasteiger partial charge in [0, 0.05) is 18.8 Å². The lowest BCUT2D eigenvalue weighted by Crippen LogP contribution is -2.37. The topological polar surface area (TPSA) is 76.6 Å². The summed E-state index contributed by atoms with van der Waals surface area (Å²) < 4.78 is 30.2. The van der Waals surface area contributed by atoms with E-state index in [0.29, 0.717) is 18.8 Å². The molecule has 0 aliphatic carbocycles. The Hall–Kier alpha value is -3.11. The minimum Gasteiger partial charge on any atom is -0.345 e. The Kier molecular flexibility index (Phi) is 6.18. The zero-order valence-corrected chi connectivity index (χ0v) is 19.6. The molecule has 1 atom stereocenters. The van der Waals surface area contributed by atoms with E-state index in [2.05, 4.69) is 20.3 Å². The van der Waals surface area contributed by atoms with Crippen molar-refractivity contribution < 1.29 is 13.6 Å². The van der Waals surface area contributed by atoms with Crippen LogP contribution < -0.4 is 10.2 Å². The molecule has 34 heavy (non-hydrogen) atoms. The van der Waals surface area contributed by atoms with Crippen molar-refractivity contribution in [2.24, 2.45) is 4.99 Å². The molecule has 1 unspecified atom stereocenters. The number of piperidine rings is 1. The monoisotopic (exact) mass is 502 g/mol. The molecule has 2 fully saturated rings. The molecule has 2 aromatic carbocycles. The molecule has 11 heteroatoms. The lowest BCUT2D eigenvalue weighted by Gasteiger charge is -2.27. The standard InChI is InChI=1S/C23H21ClF2N6OS/c24-14-5-6-15(25)19(20(14)26)21-22(27-11-18(33)31-8-2-1-3-9-31)30-23(34)32(21)13-4-7-16-17(10-13)29-12-28-16/h4-7,10,12,21H,1-3,8-9,11H2,(H,28,29)(H,27,30,34). The van der Waals surface area contributed by atoms with E-state index in [0.717, 1.165) is 42.4 Å². The van der Waals surface area contributed by atoms with Gasteiger partial charge in [-0.15, -0.1) is 0 Å². The van der Waals surface area contributed by atoms with Crippen LogP contribution in [0.3, 0.4) is 0 Å². The van der Waals surface area contributed by atoms with Crippen LogP contribution in [-0.4, -0.2) is 51.4 Å². The van der Waals surface area contributed by atoms with E-state index in [1.54, 1.807) is 34.3 Å². The normalized spacial score (nSPS) is 19.8. The van der Waals surface area contributed by atoms with Gasteiger partial charge in [-0.05, 0) is 61.8 Å². The molecule has 0 bridgehead atoms. The van der Waals surface area contributed by atoms with E-state index < -0.39 is 17.7 Å². The average Bonchev–Trinajstić information content (AvgIpc) is 3.44. The van der Waals surface area contributed by atoms with Crippen LogP contribution in [0.1, 0.15) is 30.9 Å². The number of likely N-dealkylation sites (tertiary alicyclic amines) is 1. The molecule has 0 radical (unpaired) electrons. The van der Waals surface area contributed by atoms with Gasteiger partial charge in [-0.25, -0.2) is 13.8 Å². The van der Waals surface area contributed by atoms with E-state index in [9.17, 15) is 4.79 Å². The maximum atomic E-state index is 15.2. The minimum absolute atomic E-state index is 0.136. The van der Waals surface area contributed by atoms with Gasteiger partial charge in [0.05, 0.1) is 27.9 Å². The molecule has 1 amide bonds. The SMILES string of the molecule is O=C(C/N=C1\NC(=S)N(c2ccc3nc[nH]c3c2)C1c1c(F)ccc(Cl)c1F)N1CCCCC1. The number of imidazole rings is 1. The number of thiocarbonyl (C=S) groups is 1. The molecule has 2 aliphatic rings. The Morgan fingerprint density at radius 3 is 2.79 bits per heavy atom. The number of aliphatic imine (C=N–C) groups is 1. The predicted octanol–water partition coefficient (Wildman–Crippen LogP) is 4.34.